The summed E-state index contributed by atoms with van der Waals surface area (Å²) in [6, 6.07) is 7.40. The number of nitrogens with two attached hydrogens (primary N) is 1. The van der Waals surface area contributed by atoms with Gasteiger partial charge in [-0.25, -0.2) is 9.78 Å². The molecule has 0 bridgehead atoms. The lowest BCUT2D eigenvalue weighted by molar-refractivity contribution is 0.0734. The molecule has 3 rings (SSSR count). The molecule has 140 valence electrons. The maximum atomic E-state index is 12.5. The predicted octanol–water partition coefficient (Wildman–Crippen LogP) is 1.75. The van der Waals surface area contributed by atoms with Gasteiger partial charge in [-0.2, -0.15) is 0 Å². The first-order valence-corrected chi connectivity index (χ1v) is 7.78. The number of hydrogen-bond acceptors (Lipinski definition) is 8. The largest absolute Gasteiger partial charge is 0.493 e. The third-order valence-electron chi connectivity index (χ3n) is 3.81. The molecule has 0 unspecified atom stereocenters. The van der Waals surface area contributed by atoms with Crippen molar-refractivity contribution in [1.82, 2.24) is 9.97 Å². The molecule has 0 atom stereocenters. The first kappa shape index (κ1) is 18.1. The van der Waals surface area contributed by atoms with Crippen LogP contribution in [0.25, 0.3) is 10.9 Å². The summed E-state index contributed by atoms with van der Waals surface area (Å²) in [4.78, 5) is 30.9. The number of benzene rings is 2. The molecular weight excluding hydrogens is 354 g/mol. The zero-order valence-corrected chi connectivity index (χ0v) is 14.9. The number of fused-ring (bicyclic) bond motifs is 1. The number of aromatic nitrogens is 2. The lowest BCUT2D eigenvalue weighted by Crippen LogP contribution is -2.13. The first-order chi connectivity index (χ1) is 13.0. The molecule has 0 radical (unpaired) electrons. The summed E-state index contributed by atoms with van der Waals surface area (Å²) in [6.45, 7) is 0. The average molecular weight is 371 g/mol. The normalized spacial score (nSPS) is 10.5. The minimum absolute atomic E-state index is 0.000231. The van der Waals surface area contributed by atoms with Crippen LogP contribution in [0.3, 0.4) is 0 Å². The van der Waals surface area contributed by atoms with Crippen molar-refractivity contribution in [1.29, 1.82) is 0 Å². The number of methoxy groups -OCH3 is 3. The van der Waals surface area contributed by atoms with Gasteiger partial charge in [-0.05, 0) is 18.2 Å². The summed E-state index contributed by atoms with van der Waals surface area (Å²) in [5.41, 5.74) is 5.62. The van der Waals surface area contributed by atoms with Gasteiger partial charge in [-0.15, -0.1) is 0 Å². The summed E-state index contributed by atoms with van der Waals surface area (Å²) in [5, 5.41) is 0.226. The zero-order valence-electron chi connectivity index (χ0n) is 14.9. The van der Waals surface area contributed by atoms with Gasteiger partial charge >= 0.3 is 5.97 Å². The Balaban J connectivity index is 1.96. The highest BCUT2D eigenvalue weighted by molar-refractivity contribution is 5.95. The Bertz CT molecular complexity index is 1050. The molecule has 0 spiro atoms. The molecule has 0 aliphatic rings. The standard InChI is InChI=1S/C18H17N3O6/c1-24-13-7-10(8-14(25-2)15(13)26-3)27-17(23)9-4-5-12-11(6-9)16(22)21-18(19)20-12/h4-8H,1-3H3,(H3,19,20,21,22). The van der Waals surface area contributed by atoms with Gasteiger partial charge in [0.15, 0.2) is 11.5 Å². The highest BCUT2D eigenvalue weighted by Crippen LogP contribution is 2.40. The van der Waals surface area contributed by atoms with Crippen LogP contribution in [-0.4, -0.2) is 37.3 Å². The molecule has 27 heavy (non-hydrogen) atoms. The Morgan fingerprint density at radius 1 is 1.04 bits per heavy atom. The molecule has 2 aromatic carbocycles. The van der Waals surface area contributed by atoms with Crippen molar-refractivity contribution in [3.05, 3.63) is 46.2 Å². The molecule has 9 heteroatoms. The molecule has 0 aliphatic heterocycles. The topological polar surface area (TPSA) is 126 Å². The SMILES string of the molecule is COc1cc(OC(=O)c2ccc3nc(N)[nH]c(=O)c3c2)cc(OC)c1OC. The van der Waals surface area contributed by atoms with Crippen LogP contribution in [0.1, 0.15) is 10.4 Å². The smallest absolute Gasteiger partial charge is 0.343 e. The molecule has 3 N–H and O–H groups in total. The Labute approximate surface area is 153 Å². The Morgan fingerprint density at radius 3 is 2.30 bits per heavy atom. The predicted molar refractivity (Wildman–Crippen MR) is 97.8 cm³/mol. The number of H-pyrrole nitrogens is 1. The summed E-state index contributed by atoms with van der Waals surface area (Å²) < 4.78 is 21.1. The van der Waals surface area contributed by atoms with E-state index in [1.54, 1.807) is 0 Å². The van der Waals surface area contributed by atoms with Crippen LogP contribution in [0.15, 0.2) is 35.1 Å². The van der Waals surface area contributed by atoms with Crippen LogP contribution in [0.4, 0.5) is 5.95 Å². The Kier molecular flexibility index (Phi) is 4.84. The van der Waals surface area contributed by atoms with Crippen molar-refractivity contribution in [2.24, 2.45) is 0 Å². The fourth-order valence-corrected chi connectivity index (χ4v) is 2.57. The molecular formula is C18H17N3O6. The van der Waals surface area contributed by atoms with Crippen molar-refractivity contribution < 1.29 is 23.7 Å². The number of rotatable bonds is 5. The van der Waals surface area contributed by atoms with Crippen molar-refractivity contribution >= 4 is 22.8 Å². The number of ether oxygens (including phenoxy) is 4. The number of nitrogens with zero attached hydrogens (tertiary/aromatic N) is 1. The van der Waals surface area contributed by atoms with E-state index < -0.39 is 11.5 Å². The number of carbonyl (C=O) groups excluding carboxylic acids is 1. The van der Waals surface area contributed by atoms with E-state index >= 15 is 0 Å². The molecule has 0 amide bonds. The highest BCUT2D eigenvalue weighted by atomic mass is 16.5. The van der Waals surface area contributed by atoms with E-state index in [4.69, 9.17) is 24.7 Å². The molecule has 0 saturated heterocycles. The van der Waals surface area contributed by atoms with Crippen molar-refractivity contribution in [2.75, 3.05) is 27.1 Å². The van der Waals surface area contributed by atoms with Crippen LogP contribution in [0.5, 0.6) is 23.0 Å². The van der Waals surface area contributed by atoms with E-state index in [0.29, 0.717) is 22.8 Å². The minimum atomic E-state index is -0.664. The van der Waals surface area contributed by atoms with Gasteiger partial charge in [0.05, 0.1) is 37.8 Å². The third-order valence-corrected chi connectivity index (χ3v) is 3.81. The lowest BCUT2D eigenvalue weighted by Gasteiger charge is -2.14. The number of nitrogens with one attached hydrogen (secondary N) is 1. The van der Waals surface area contributed by atoms with Gasteiger partial charge in [0, 0.05) is 12.1 Å². The van der Waals surface area contributed by atoms with E-state index in [-0.39, 0.29) is 22.6 Å². The second-order valence-corrected chi connectivity index (χ2v) is 5.43. The van der Waals surface area contributed by atoms with E-state index in [1.807, 2.05) is 0 Å². The van der Waals surface area contributed by atoms with Crippen LogP contribution in [0.2, 0.25) is 0 Å². The molecule has 9 nitrogen and oxygen atoms in total. The lowest BCUT2D eigenvalue weighted by atomic mass is 10.1. The van der Waals surface area contributed by atoms with Gasteiger partial charge in [-0.1, -0.05) is 0 Å². The number of esters is 1. The van der Waals surface area contributed by atoms with Crippen LogP contribution >= 0.6 is 0 Å². The van der Waals surface area contributed by atoms with Crippen LogP contribution in [0, 0.1) is 0 Å². The molecule has 0 aliphatic carbocycles. The molecule has 3 aromatic rings. The summed E-state index contributed by atoms with van der Waals surface area (Å²) in [5.74, 6) is 0.589. The fraction of sp³-hybridized carbons (Fsp3) is 0.167. The molecule has 0 saturated carbocycles. The van der Waals surface area contributed by atoms with E-state index in [0.717, 1.165) is 0 Å². The maximum Gasteiger partial charge on any atom is 0.343 e. The summed E-state index contributed by atoms with van der Waals surface area (Å²) >= 11 is 0. The second-order valence-electron chi connectivity index (χ2n) is 5.43. The Morgan fingerprint density at radius 2 is 1.70 bits per heavy atom. The fourth-order valence-electron chi connectivity index (χ4n) is 2.57. The highest BCUT2D eigenvalue weighted by Gasteiger charge is 2.17. The van der Waals surface area contributed by atoms with Gasteiger partial charge in [-0.3, -0.25) is 9.78 Å². The molecule has 1 heterocycles. The number of anilines is 1. The van der Waals surface area contributed by atoms with Crippen molar-refractivity contribution in [3.8, 4) is 23.0 Å². The van der Waals surface area contributed by atoms with E-state index in [2.05, 4.69) is 9.97 Å². The van der Waals surface area contributed by atoms with Gasteiger partial charge in [0.1, 0.15) is 5.75 Å². The summed E-state index contributed by atoms with van der Waals surface area (Å²) in [7, 11) is 4.38. The quantitative estimate of drug-likeness (QED) is 0.513. The van der Waals surface area contributed by atoms with Gasteiger partial charge in [0.25, 0.3) is 5.56 Å². The summed E-state index contributed by atoms with van der Waals surface area (Å²) in [6.07, 6.45) is 0. The van der Waals surface area contributed by atoms with Crippen LogP contribution in [-0.2, 0) is 0 Å². The minimum Gasteiger partial charge on any atom is -0.493 e. The second kappa shape index (κ2) is 7.24. The zero-order chi connectivity index (χ0) is 19.6. The number of carbonyl (C=O) groups is 1. The van der Waals surface area contributed by atoms with Crippen molar-refractivity contribution in [2.45, 2.75) is 0 Å². The molecule has 0 fully saturated rings. The Hall–Kier alpha value is -3.75. The van der Waals surface area contributed by atoms with E-state index in [9.17, 15) is 9.59 Å². The monoisotopic (exact) mass is 371 g/mol. The first-order valence-electron chi connectivity index (χ1n) is 7.78. The third kappa shape index (κ3) is 3.47. The number of aromatic amines is 1. The average Bonchev–Trinajstić information content (AvgIpc) is 2.66. The van der Waals surface area contributed by atoms with Gasteiger partial charge < -0.3 is 24.7 Å². The molecule has 1 aromatic heterocycles. The van der Waals surface area contributed by atoms with Crippen LogP contribution < -0.4 is 30.2 Å². The number of hydrogen-bond donors (Lipinski definition) is 2. The van der Waals surface area contributed by atoms with Gasteiger partial charge in [0.2, 0.25) is 11.7 Å². The number of nitrogen functional groups attached to an aromatic ring is 1. The van der Waals surface area contributed by atoms with Crippen molar-refractivity contribution in [3.63, 3.8) is 0 Å². The van der Waals surface area contributed by atoms with E-state index in [1.165, 1.54) is 51.7 Å². The maximum absolute atomic E-state index is 12.5.